The lowest BCUT2D eigenvalue weighted by molar-refractivity contribution is -0.138. The first-order valence-corrected chi connectivity index (χ1v) is 21.5. The van der Waals surface area contributed by atoms with Crippen LogP contribution in [0, 0.1) is 0 Å². The average molecular weight is 854 g/mol. The van der Waals surface area contributed by atoms with E-state index in [9.17, 15) is 29.1 Å². The fourth-order valence-electron chi connectivity index (χ4n) is 8.26. The number of hydrogen-bond donors (Lipinski definition) is 5. The predicted octanol–water partition coefficient (Wildman–Crippen LogP) is 8.44. The van der Waals surface area contributed by atoms with Gasteiger partial charge in [-0.2, -0.15) is 0 Å². The maximum absolute atomic E-state index is 14.0. The van der Waals surface area contributed by atoms with Crippen LogP contribution in [0.1, 0.15) is 73.8 Å². The van der Waals surface area contributed by atoms with Crippen molar-refractivity contribution in [3.63, 3.8) is 0 Å². The van der Waals surface area contributed by atoms with Crippen molar-refractivity contribution in [1.82, 2.24) is 30.4 Å². The average Bonchev–Trinajstić information content (AvgIpc) is 4.11. The van der Waals surface area contributed by atoms with E-state index < -0.39 is 30.3 Å². The molecule has 2 aromatic heterocycles. The summed E-state index contributed by atoms with van der Waals surface area (Å²) in [7, 11) is 0. The first-order chi connectivity index (χ1) is 30.0. The number of ether oxygens (including phenoxy) is 1. The number of carbonyl (C=O) groups is 5. The molecule has 318 valence electrons. The van der Waals surface area contributed by atoms with Crippen molar-refractivity contribution in [3.8, 4) is 21.7 Å². The van der Waals surface area contributed by atoms with Gasteiger partial charge in [-0.1, -0.05) is 84.9 Å². The highest BCUT2D eigenvalue weighted by Crippen LogP contribution is 2.39. The number of fused-ring (bicyclic) bond motifs is 1. The Hall–Kier alpha value is -7.00. The molecule has 2 fully saturated rings. The second kappa shape index (κ2) is 18.3. The van der Waals surface area contributed by atoms with Gasteiger partial charge in [-0.15, -0.1) is 11.3 Å². The number of anilines is 1. The van der Waals surface area contributed by atoms with Crippen LogP contribution in [0.2, 0.25) is 0 Å². The van der Waals surface area contributed by atoms with E-state index in [4.69, 9.17) is 9.72 Å². The minimum Gasteiger partial charge on any atom is -0.465 e. The highest BCUT2D eigenvalue weighted by Gasteiger charge is 2.39. The van der Waals surface area contributed by atoms with Crippen molar-refractivity contribution >= 4 is 57.8 Å². The molecule has 2 aliphatic heterocycles. The number of amides is 5. The molecule has 4 aromatic carbocycles. The monoisotopic (exact) mass is 853 g/mol. The fraction of sp³-hybridized carbons (Fsp3) is 0.277. The van der Waals surface area contributed by atoms with Crippen LogP contribution in [0.4, 0.5) is 15.3 Å². The molecule has 8 rings (SSSR count). The summed E-state index contributed by atoms with van der Waals surface area (Å²) in [5.74, 6) is -0.974. The molecule has 2 aliphatic rings. The molecule has 0 spiro atoms. The van der Waals surface area contributed by atoms with E-state index in [-0.39, 0.29) is 29.9 Å². The van der Waals surface area contributed by atoms with E-state index >= 15 is 0 Å². The van der Waals surface area contributed by atoms with E-state index in [0.717, 1.165) is 50.5 Å². The van der Waals surface area contributed by atoms with Crippen molar-refractivity contribution < 1.29 is 33.8 Å². The lowest BCUT2D eigenvalue weighted by Crippen LogP contribution is -2.48. The molecule has 0 bridgehead atoms. The van der Waals surface area contributed by atoms with Crippen LogP contribution in [-0.2, 0) is 19.1 Å². The highest BCUT2D eigenvalue weighted by atomic mass is 32.1. The fourth-order valence-corrected chi connectivity index (χ4v) is 9.33. The third-order valence-electron chi connectivity index (χ3n) is 11.2. The Morgan fingerprint density at radius 1 is 0.774 bits per heavy atom. The van der Waals surface area contributed by atoms with Gasteiger partial charge in [0.1, 0.15) is 23.1 Å². The van der Waals surface area contributed by atoms with Crippen molar-refractivity contribution in [2.45, 2.75) is 69.8 Å². The molecule has 62 heavy (non-hydrogen) atoms. The number of carbonyl (C=O) groups excluding carboxylic acids is 4. The Morgan fingerprint density at radius 3 is 2.08 bits per heavy atom. The number of aromatic nitrogens is 2. The summed E-state index contributed by atoms with van der Waals surface area (Å²) in [4.78, 5) is 78.2. The molecular weight excluding hydrogens is 807 g/mol. The minimum absolute atomic E-state index is 0.251. The molecule has 2 unspecified atom stereocenters. The summed E-state index contributed by atoms with van der Waals surface area (Å²) in [6.45, 7) is 4.36. The third kappa shape index (κ3) is 9.17. The number of nitrogens with one attached hydrogen (secondary N) is 4. The van der Waals surface area contributed by atoms with Crippen molar-refractivity contribution in [2.24, 2.45) is 0 Å². The highest BCUT2D eigenvalue weighted by molar-refractivity contribution is 7.15. The van der Waals surface area contributed by atoms with Gasteiger partial charge in [0.15, 0.2) is 0 Å². The zero-order valence-corrected chi connectivity index (χ0v) is 35.1. The van der Waals surface area contributed by atoms with Crippen LogP contribution >= 0.6 is 11.3 Å². The van der Waals surface area contributed by atoms with Gasteiger partial charge < -0.3 is 40.6 Å². The van der Waals surface area contributed by atoms with Crippen LogP contribution in [-0.4, -0.2) is 80.0 Å². The van der Waals surface area contributed by atoms with Gasteiger partial charge in [0, 0.05) is 41.6 Å². The number of likely N-dealkylation sites (tertiary alicyclic amines) is 2. The number of nitrogens with zero attached hydrogens (tertiary/aromatic N) is 3. The Labute approximate surface area is 362 Å². The van der Waals surface area contributed by atoms with Gasteiger partial charge >= 0.3 is 12.2 Å². The minimum atomic E-state index is -1.26. The van der Waals surface area contributed by atoms with Gasteiger partial charge in [0.2, 0.25) is 5.91 Å². The summed E-state index contributed by atoms with van der Waals surface area (Å²) in [6.07, 6.45) is 2.15. The molecule has 4 heterocycles. The van der Waals surface area contributed by atoms with Crippen molar-refractivity contribution in [1.29, 1.82) is 0 Å². The van der Waals surface area contributed by atoms with E-state index in [0.29, 0.717) is 42.7 Å². The molecule has 0 aliphatic carbocycles. The van der Waals surface area contributed by atoms with Crippen LogP contribution in [0.25, 0.3) is 32.6 Å². The van der Waals surface area contributed by atoms with Gasteiger partial charge in [0.05, 0.1) is 17.0 Å². The van der Waals surface area contributed by atoms with Crippen molar-refractivity contribution in [2.75, 3.05) is 18.4 Å². The van der Waals surface area contributed by atoms with E-state index in [1.807, 2.05) is 66.9 Å². The van der Waals surface area contributed by atoms with E-state index in [2.05, 4.69) is 20.9 Å². The Balaban J connectivity index is 0.928. The maximum Gasteiger partial charge on any atom is 0.408 e. The number of rotatable bonds is 12. The second-order valence-electron chi connectivity index (χ2n) is 15.7. The molecule has 6 aromatic rings. The van der Waals surface area contributed by atoms with Gasteiger partial charge in [-0.25, -0.2) is 14.6 Å². The first kappa shape index (κ1) is 41.7. The Morgan fingerprint density at radius 2 is 1.40 bits per heavy atom. The number of aromatic amines is 1. The first-order valence-electron chi connectivity index (χ1n) is 20.7. The summed E-state index contributed by atoms with van der Waals surface area (Å²) in [6, 6.07) is 30.6. The topological polar surface area (TPSA) is 186 Å². The predicted molar refractivity (Wildman–Crippen MR) is 236 cm³/mol. The number of H-pyrrole nitrogens is 1. The largest absolute Gasteiger partial charge is 0.465 e. The number of alkyl carbamates (subject to hydrolysis) is 1. The molecular formula is C47H47N7O7S. The van der Waals surface area contributed by atoms with Gasteiger partial charge in [-0.05, 0) is 86.1 Å². The number of benzene rings is 4. The molecule has 0 radical (unpaired) electrons. The smallest absolute Gasteiger partial charge is 0.408 e. The number of thiazole rings is 1. The maximum atomic E-state index is 14.0. The van der Waals surface area contributed by atoms with Crippen LogP contribution < -0.4 is 16.0 Å². The standard InChI is InChI=1S/C47H47N7O7S/c1-28(2)61-47(60)52-41(32-13-7-4-8-14-32)45(57)53-23-9-15-37(53)42(55)49-34-21-22-35-33(25-34)26-36(50-35)29-17-19-30(20-18-29)39-27-48-43(62-39)38-16-10-24-54(38)44(56)40(51-46(58)59)31-11-5-3-6-12-31/h3-8,11-14,17-22,25-28,37-38,40-41,50-51H,9-10,15-16,23-24H2,1-2H3,(H,49,55)(H,52,60)(H,58,59)/t37-,38-,40?,41?/m0/s1. The summed E-state index contributed by atoms with van der Waals surface area (Å²) < 4.78 is 5.28. The van der Waals surface area contributed by atoms with Gasteiger partial charge in [0.25, 0.3) is 11.8 Å². The summed E-state index contributed by atoms with van der Waals surface area (Å²) >= 11 is 1.53. The quantitative estimate of drug-likeness (QED) is 0.0812. The molecule has 4 atom stereocenters. The number of carboxylic acid groups (broad SMARTS) is 1. The zero-order chi connectivity index (χ0) is 43.3. The molecule has 14 nitrogen and oxygen atoms in total. The zero-order valence-electron chi connectivity index (χ0n) is 34.2. The lowest BCUT2D eigenvalue weighted by Gasteiger charge is -2.29. The SMILES string of the molecule is CC(C)OC(=O)NC(C(=O)N1CCC[C@H]1C(=O)Nc1ccc2[nH]c(-c3ccc(-c4cnc([C@@H]5CCCN5C(=O)C(NC(=O)O)c5ccccc5)s4)cc3)cc2c1)c1ccccc1. The second-order valence-corrected chi connectivity index (χ2v) is 16.8. The molecule has 5 N–H and O–H groups in total. The van der Waals surface area contributed by atoms with E-state index in [1.54, 1.807) is 72.2 Å². The molecule has 5 amide bonds. The number of hydrogen-bond acceptors (Lipinski definition) is 8. The molecule has 2 saturated heterocycles. The van der Waals surface area contributed by atoms with Gasteiger partial charge in [-0.3, -0.25) is 14.4 Å². The van der Waals surface area contributed by atoms with Crippen LogP contribution in [0.3, 0.4) is 0 Å². The molecule has 0 saturated carbocycles. The van der Waals surface area contributed by atoms with Crippen molar-refractivity contribution in [3.05, 3.63) is 132 Å². The lowest BCUT2D eigenvalue weighted by atomic mass is 10.0. The van der Waals surface area contributed by atoms with Crippen LogP contribution in [0.5, 0.6) is 0 Å². The summed E-state index contributed by atoms with van der Waals surface area (Å²) in [5, 5.41) is 19.4. The summed E-state index contributed by atoms with van der Waals surface area (Å²) in [5.41, 5.74) is 5.50. The van der Waals surface area contributed by atoms with E-state index in [1.165, 1.54) is 11.3 Å². The third-order valence-corrected chi connectivity index (χ3v) is 12.3. The Kier molecular flexibility index (Phi) is 12.3. The normalized spacial score (nSPS) is 17.1. The Bertz CT molecular complexity index is 2580. The molecule has 15 heteroatoms. The van der Waals surface area contributed by atoms with Crippen LogP contribution in [0.15, 0.2) is 115 Å².